The highest BCUT2D eigenvalue weighted by molar-refractivity contribution is 5.95. The van der Waals surface area contributed by atoms with Crippen LogP contribution in [0.4, 0.5) is 17.6 Å². The molecule has 0 unspecified atom stereocenters. The van der Waals surface area contributed by atoms with Crippen molar-refractivity contribution in [3.05, 3.63) is 35.1 Å². The fourth-order valence-electron chi connectivity index (χ4n) is 3.05. The van der Waals surface area contributed by atoms with Crippen molar-refractivity contribution in [3.63, 3.8) is 0 Å². The van der Waals surface area contributed by atoms with E-state index in [1.165, 1.54) is 4.90 Å². The van der Waals surface area contributed by atoms with E-state index in [0.717, 1.165) is 13.0 Å². The van der Waals surface area contributed by atoms with E-state index >= 15 is 0 Å². The van der Waals surface area contributed by atoms with Gasteiger partial charge in [-0.1, -0.05) is 0 Å². The Morgan fingerprint density at radius 3 is 2.71 bits per heavy atom. The van der Waals surface area contributed by atoms with Crippen LogP contribution in [0, 0.1) is 11.7 Å². The molecule has 114 valence electrons. The number of hydrogen-bond donors (Lipinski definition) is 1. The molecule has 0 aromatic heterocycles. The smallest absolute Gasteiger partial charge is 0.337 e. The Morgan fingerprint density at radius 2 is 2.05 bits per heavy atom. The summed E-state index contributed by atoms with van der Waals surface area (Å²) < 4.78 is 51.7. The largest absolute Gasteiger partial charge is 0.416 e. The van der Waals surface area contributed by atoms with Crippen molar-refractivity contribution in [2.75, 3.05) is 19.6 Å². The Bertz CT molecular complexity index is 561. The zero-order valence-corrected chi connectivity index (χ0v) is 11.1. The number of likely N-dealkylation sites (tertiary alicyclic amines) is 1. The van der Waals surface area contributed by atoms with Gasteiger partial charge in [0, 0.05) is 19.1 Å². The van der Waals surface area contributed by atoms with E-state index in [1.54, 1.807) is 0 Å². The van der Waals surface area contributed by atoms with E-state index in [4.69, 9.17) is 0 Å². The molecule has 7 heteroatoms. The third-order valence-corrected chi connectivity index (χ3v) is 4.17. The molecule has 2 aliphatic heterocycles. The van der Waals surface area contributed by atoms with Crippen LogP contribution < -0.4 is 5.32 Å². The SMILES string of the molecule is O=C(c1cc(C(F)(F)F)ccc1F)N1C[C@@H]2CCN[C@@H]2C1. The molecule has 0 saturated carbocycles. The summed E-state index contributed by atoms with van der Waals surface area (Å²) in [5, 5.41) is 3.24. The molecular formula is C14H14F4N2O. The third kappa shape index (κ3) is 2.62. The first-order valence-corrected chi connectivity index (χ1v) is 6.75. The molecule has 1 N–H and O–H groups in total. The lowest BCUT2D eigenvalue weighted by Crippen LogP contribution is -2.34. The number of carbonyl (C=O) groups excluding carboxylic acids is 1. The Labute approximate surface area is 118 Å². The molecular weight excluding hydrogens is 288 g/mol. The summed E-state index contributed by atoms with van der Waals surface area (Å²) in [6, 6.07) is 2.11. The summed E-state index contributed by atoms with van der Waals surface area (Å²) in [5.41, 5.74) is -1.52. The first-order chi connectivity index (χ1) is 9.86. The molecule has 0 radical (unpaired) electrons. The Morgan fingerprint density at radius 1 is 1.29 bits per heavy atom. The Hall–Kier alpha value is -1.63. The monoisotopic (exact) mass is 302 g/mol. The van der Waals surface area contributed by atoms with Gasteiger partial charge < -0.3 is 10.2 Å². The lowest BCUT2D eigenvalue weighted by molar-refractivity contribution is -0.137. The van der Waals surface area contributed by atoms with Crippen LogP contribution in [0.2, 0.25) is 0 Å². The second kappa shape index (κ2) is 4.98. The maximum atomic E-state index is 13.7. The minimum absolute atomic E-state index is 0.169. The van der Waals surface area contributed by atoms with Gasteiger partial charge in [-0.15, -0.1) is 0 Å². The van der Waals surface area contributed by atoms with Gasteiger partial charge in [0.2, 0.25) is 0 Å². The number of nitrogens with zero attached hydrogens (tertiary/aromatic N) is 1. The Kier molecular flexibility index (Phi) is 3.39. The van der Waals surface area contributed by atoms with E-state index in [0.29, 0.717) is 37.2 Å². The lowest BCUT2D eigenvalue weighted by atomic mass is 10.1. The van der Waals surface area contributed by atoms with Crippen molar-refractivity contribution < 1.29 is 22.4 Å². The molecule has 2 heterocycles. The molecule has 3 nitrogen and oxygen atoms in total. The van der Waals surface area contributed by atoms with Crippen LogP contribution in [0.25, 0.3) is 0 Å². The molecule has 1 amide bonds. The van der Waals surface area contributed by atoms with Crippen LogP contribution in [0.15, 0.2) is 18.2 Å². The van der Waals surface area contributed by atoms with Gasteiger partial charge in [-0.3, -0.25) is 4.79 Å². The molecule has 3 rings (SSSR count). The first-order valence-electron chi connectivity index (χ1n) is 6.75. The first kappa shape index (κ1) is 14.3. The average molecular weight is 302 g/mol. The maximum absolute atomic E-state index is 13.7. The minimum Gasteiger partial charge on any atom is -0.337 e. The second-order valence-electron chi connectivity index (χ2n) is 5.51. The van der Waals surface area contributed by atoms with Crippen LogP contribution >= 0.6 is 0 Å². The summed E-state index contributed by atoms with van der Waals surface area (Å²) >= 11 is 0. The zero-order chi connectivity index (χ0) is 15.2. The Balaban J connectivity index is 1.84. The van der Waals surface area contributed by atoms with Crippen LogP contribution in [-0.4, -0.2) is 36.5 Å². The fraction of sp³-hybridized carbons (Fsp3) is 0.500. The van der Waals surface area contributed by atoms with E-state index in [-0.39, 0.29) is 6.04 Å². The highest BCUT2D eigenvalue weighted by atomic mass is 19.4. The molecule has 1 aromatic rings. The van der Waals surface area contributed by atoms with E-state index in [1.807, 2.05) is 0 Å². The van der Waals surface area contributed by atoms with Crippen molar-refractivity contribution in [1.29, 1.82) is 0 Å². The lowest BCUT2D eigenvalue weighted by Gasteiger charge is -2.18. The van der Waals surface area contributed by atoms with Crippen LogP contribution in [0.5, 0.6) is 0 Å². The van der Waals surface area contributed by atoms with Crippen molar-refractivity contribution in [1.82, 2.24) is 10.2 Å². The normalized spacial score (nSPS) is 25.2. The molecule has 2 aliphatic rings. The van der Waals surface area contributed by atoms with Crippen LogP contribution in [0.3, 0.4) is 0 Å². The second-order valence-corrected chi connectivity index (χ2v) is 5.51. The molecule has 0 aliphatic carbocycles. The van der Waals surface area contributed by atoms with Crippen molar-refractivity contribution in [3.8, 4) is 0 Å². The third-order valence-electron chi connectivity index (χ3n) is 4.17. The van der Waals surface area contributed by atoms with E-state index in [2.05, 4.69) is 5.32 Å². The van der Waals surface area contributed by atoms with Gasteiger partial charge in [-0.05, 0) is 37.1 Å². The summed E-state index contributed by atoms with van der Waals surface area (Å²) in [6.45, 7) is 1.76. The number of benzene rings is 1. The number of nitrogens with one attached hydrogen (secondary N) is 1. The van der Waals surface area contributed by atoms with Crippen LogP contribution in [-0.2, 0) is 6.18 Å². The quantitative estimate of drug-likeness (QED) is 0.807. The summed E-state index contributed by atoms with van der Waals surface area (Å²) in [7, 11) is 0. The number of fused-ring (bicyclic) bond motifs is 1. The summed E-state index contributed by atoms with van der Waals surface area (Å²) in [5.74, 6) is -1.28. The summed E-state index contributed by atoms with van der Waals surface area (Å²) in [6.07, 6.45) is -3.66. The van der Waals surface area contributed by atoms with Gasteiger partial charge in [-0.25, -0.2) is 4.39 Å². The van der Waals surface area contributed by atoms with Gasteiger partial charge in [0.05, 0.1) is 11.1 Å². The number of amides is 1. The van der Waals surface area contributed by atoms with Crippen molar-refractivity contribution >= 4 is 5.91 Å². The predicted octanol–water partition coefficient (Wildman–Crippen LogP) is 2.28. The number of halogens is 4. The van der Waals surface area contributed by atoms with Crippen molar-refractivity contribution in [2.24, 2.45) is 5.92 Å². The number of carbonyl (C=O) groups is 1. The van der Waals surface area contributed by atoms with Gasteiger partial charge in [0.1, 0.15) is 5.82 Å². The molecule has 2 saturated heterocycles. The fourth-order valence-corrected chi connectivity index (χ4v) is 3.05. The molecule has 1 aromatic carbocycles. The molecule has 0 bridgehead atoms. The van der Waals surface area contributed by atoms with Gasteiger partial charge in [0.15, 0.2) is 0 Å². The standard InChI is InChI=1S/C14H14F4N2O/c15-11-2-1-9(14(16,17)18)5-10(11)13(21)20-6-8-3-4-19-12(8)7-20/h1-2,5,8,12,19H,3-4,6-7H2/t8-,12+/m0/s1. The predicted molar refractivity (Wildman–Crippen MR) is 67.2 cm³/mol. The van der Waals surface area contributed by atoms with E-state index < -0.39 is 29.0 Å². The summed E-state index contributed by atoms with van der Waals surface area (Å²) in [4.78, 5) is 13.7. The molecule has 2 fully saturated rings. The molecule has 0 spiro atoms. The van der Waals surface area contributed by atoms with Gasteiger partial charge in [-0.2, -0.15) is 13.2 Å². The molecule has 21 heavy (non-hydrogen) atoms. The van der Waals surface area contributed by atoms with Gasteiger partial charge >= 0.3 is 6.18 Å². The zero-order valence-electron chi connectivity index (χ0n) is 11.1. The highest BCUT2D eigenvalue weighted by Crippen LogP contribution is 2.31. The number of alkyl halides is 3. The highest BCUT2D eigenvalue weighted by Gasteiger charge is 2.39. The number of rotatable bonds is 1. The maximum Gasteiger partial charge on any atom is 0.416 e. The average Bonchev–Trinajstić information content (AvgIpc) is 2.97. The van der Waals surface area contributed by atoms with Crippen LogP contribution in [0.1, 0.15) is 22.3 Å². The molecule has 2 atom stereocenters. The van der Waals surface area contributed by atoms with Crippen molar-refractivity contribution in [2.45, 2.75) is 18.6 Å². The number of hydrogen-bond acceptors (Lipinski definition) is 2. The minimum atomic E-state index is -4.59. The van der Waals surface area contributed by atoms with Gasteiger partial charge in [0.25, 0.3) is 5.91 Å². The van der Waals surface area contributed by atoms with E-state index in [9.17, 15) is 22.4 Å². The topological polar surface area (TPSA) is 32.3 Å².